The third-order valence-electron chi connectivity index (χ3n) is 16.6. The number of hydrogen-bond acceptors (Lipinski definition) is 21. The molecule has 1 aliphatic rings. The van der Waals surface area contributed by atoms with Crippen molar-refractivity contribution in [3.8, 4) is 5.75 Å². The first kappa shape index (κ1) is 90.3. The summed E-state index contributed by atoms with van der Waals surface area (Å²) in [5.74, 6) is -14.8. The Morgan fingerprint density at radius 1 is 0.495 bits per heavy atom. The Morgan fingerprint density at radius 2 is 0.893 bits per heavy atom. The predicted octanol–water partition coefficient (Wildman–Crippen LogP) is -4.80. The lowest BCUT2D eigenvalue weighted by Gasteiger charge is -2.29. The second-order valence-electron chi connectivity index (χ2n) is 27.3. The second-order valence-corrected chi connectivity index (χ2v) is 28.3. The fraction of sp³-hybridized carbons (Fsp3) is 0.687. The summed E-state index contributed by atoms with van der Waals surface area (Å²) in [7, 11) is 0. The quantitative estimate of drug-likeness (QED) is 0.0272. The molecule has 2 rings (SSSR count). The molecule has 24 N–H and O–H groups in total. The van der Waals surface area contributed by atoms with Gasteiger partial charge in [-0.25, -0.2) is 0 Å². The van der Waals surface area contributed by atoms with Gasteiger partial charge in [0.15, 0.2) is 0 Å². The molecule has 35 nitrogen and oxygen atoms in total. The van der Waals surface area contributed by atoms with Crippen molar-refractivity contribution >= 4 is 100 Å². The predicted molar refractivity (Wildman–Crippen MR) is 381 cm³/mol. The molecule has 1 saturated heterocycles. The maximum atomic E-state index is 14.8. The number of primary amides is 2. The lowest BCUT2D eigenvalue weighted by atomic mass is 9.99. The van der Waals surface area contributed by atoms with Crippen molar-refractivity contribution in [2.75, 3.05) is 31.7 Å². The summed E-state index contributed by atoms with van der Waals surface area (Å²) >= 11 is 1.42. The molecule has 0 unspecified atom stereocenters. The van der Waals surface area contributed by atoms with E-state index in [9.17, 15) is 87.2 Å². The maximum absolute atomic E-state index is 14.8. The van der Waals surface area contributed by atoms with Gasteiger partial charge in [-0.15, -0.1) is 0 Å². The van der Waals surface area contributed by atoms with E-state index in [0.29, 0.717) is 30.6 Å². The van der Waals surface area contributed by atoms with E-state index in [1.54, 1.807) is 55.4 Å². The zero-order valence-electron chi connectivity index (χ0n) is 60.9. The number of carbonyl (C=O) groups excluding carboxylic acids is 15. The second kappa shape index (κ2) is 46.1. The summed E-state index contributed by atoms with van der Waals surface area (Å²) in [5, 5.41) is 63.7. The average Bonchev–Trinajstić information content (AvgIpc) is 1.12. The van der Waals surface area contributed by atoms with Crippen molar-refractivity contribution in [1.29, 1.82) is 0 Å². The van der Waals surface area contributed by atoms with Crippen LogP contribution in [0.15, 0.2) is 24.3 Å². The number of amides is 15. The number of carbonyl (C=O) groups is 15. The van der Waals surface area contributed by atoms with Crippen molar-refractivity contribution < 1.29 is 87.2 Å². The fourth-order valence-corrected chi connectivity index (χ4v) is 11.2. The first-order valence-electron chi connectivity index (χ1n) is 34.9. The molecule has 0 spiro atoms. The number of nitrogens with one attached hydrogen (secondary N) is 13. The standard InChI is InChI=1S/C67H113N17O18S/c1-33(2)28-45(61(96)79-48(31-50(70)88)63(98)81-49(32-85)65(100)83-53(36(7)8)67(102)80-46(29-34(3)4)64(99)84-54(38(10)86)55(71)90)77-62(97)47(30-39-18-20-40(87)21-19-39)78-59(94)41(16-12-14-25-68)74-58(93)42(17-13-15-26-69)76-66(101)52(35(5)6)82-56(91)37(9)72-57(92)44(24-27-103-11)75-60(95)43-22-23-51(89)73-43/h18-21,33-38,41-49,52-54,85-87H,12-17,22-32,68-69H2,1-11H3,(H2,70,88)(H2,71,90)(H,72,92)(H,73,89)(H,74,93)(H,75,95)(H,76,101)(H,77,97)(H,78,94)(H,79,96)(H,80,102)(H,81,98)(H,82,91)(H,83,100)(H,84,99)/t37-,38-,41-,42-,43-,44-,45-,46-,47-,48-,49-,52-,53-,54+/m0/s1. The average molecular weight is 1480 g/mol. The molecule has 0 aromatic heterocycles. The topological polar surface area (TPSA) is 577 Å². The highest BCUT2D eigenvalue weighted by molar-refractivity contribution is 7.98. The Hall–Kier alpha value is -8.74. The minimum atomic E-state index is -1.87. The van der Waals surface area contributed by atoms with Gasteiger partial charge in [-0.2, -0.15) is 11.8 Å². The lowest BCUT2D eigenvalue weighted by Crippen LogP contribution is -2.62. The fourth-order valence-electron chi connectivity index (χ4n) is 10.7. The van der Waals surface area contributed by atoms with Crippen molar-refractivity contribution in [1.82, 2.24) is 69.1 Å². The summed E-state index contributed by atoms with van der Waals surface area (Å²) in [6.07, 6.45) is 1.01. The van der Waals surface area contributed by atoms with Crippen LogP contribution in [-0.2, 0) is 78.3 Å². The zero-order valence-corrected chi connectivity index (χ0v) is 61.7. The molecular formula is C67H113N17O18S. The van der Waals surface area contributed by atoms with Gasteiger partial charge in [-0.05, 0) is 145 Å². The molecule has 1 aliphatic heterocycles. The van der Waals surface area contributed by atoms with E-state index in [2.05, 4.69) is 69.1 Å². The van der Waals surface area contributed by atoms with Gasteiger partial charge in [0, 0.05) is 12.8 Å². The molecule has 580 valence electrons. The van der Waals surface area contributed by atoms with Crippen LogP contribution in [0.25, 0.3) is 0 Å². The number of unbranched alkanes of at least 4 members (excludes halogenated alkanes) is 2. The van der Waals surface area contributed by atoms with Crippen LogP contribution in [0.5, 0.6) is 5.75 Å². The highest BCUT2D eigenvalue weighted by Gasteiger charge is 2.39. The highest BCUT2D eigenvalue weighted by Crippen LogP contribution is 2.17. The number of phenolic OH excluding ortho intramolecular Hbond substituents is 1. The van der Waals surface area contributed by atoms with Crippen LogP contribution in [0.1, 0.15) is 152 Å². The van der Waals surface area contributed by atoms with E-state index >= 15 is 0 Å². The summed E-state index contributed by atoms with van der Waals surface area (Å²) in [6, 6.07) is -12.7. The van der Waals surface area contributed by atoms with Gasteiger partial charge in [0.25, 0.3) is 0 Å². The number of aliphatic hydroxyl groups excluding tert-OH is 2. The SMILES string of the molecule is CSCC[C@H](NC(=O)[C@@H]1CCC(=O)N1)C(=O)N[C@@H](C)C(=O)N[C@H](C(=O)N[C@@H](CCCCN)C(=O)N[C@@H](CCCCN)C(=O)N[C@@H](Cc1ccc(O)cc1)C(=O)N[C@@H](CC(C)C)C(=O)N[C@@H](CC(N)=O)C(=O)N[C@@H](CO)C(=O)N[C@H](C(=O)N[C@@H](CC(C)C)C(=O)N[C@@H](C(N)=O)[C@H](C)O)C(C)C)C(C)C. The van der Waals surface area contributed by atoms with Crippen LogP contribution in [0.4, 0.5) is 0 Å². The van der Waals surface area contributed by atoms with Gasteiger partial charge >= 0.3 is 0 Å². The third kappa shape index (κ3) is 32.6. The summed E-state index contributed by atoms with van der Waals surface area (Å²) in [5.41, 5.74) is 23.0. The van der Waals surface area contributed by atoms with Crippen LogP contribution in [0, 0.1) is 23.7 Å². The molecule has 0 aliphatic carbocycles. The molecule has 1 heterocycles. The van der Waals surface area contributed by atoms with Crippen LogP contribution in [0.3, 0.4) is 0 Å². The number of nitrogens with two attached hydrogens (primary N) is 4. The van der Waals surface area contributed by atoms with E-state index < -0.39 is 192 Å². The Bertz CT molecular complexity index is 3030. The molecular weight excluding hydrogens is 1360 g/mol. The molecule has 15 amide bonds. The van der Waals surface area contributed by atoms with Crippen LogP contribution in [0.2, 0.25) is 0 Å². The van der Waals surface area contributed by atoms with Crippen molar-refractivity contribution in [2.24, 2.45) is 46.6 Å². The molecule has 1 aromatic carbocycles. The number of benzene rings is 1. The maximum Gasteiger partial charge on any atom is 0.245 e. The number of hydrogen-bond donors (Lipinski definition) is 20. The molecule has 0 saturated carbocycles. The van der Waals surface area contributed by atoms with E-state index in [0.717, 1.165) is 0 Å². The van der Waals surface area contributed by atoms with Gasteiger partial charge in [0.05, 0.1) is 19.1 Å². The van der Waals surface area contributed by atoms with Crippen molar-refractivity contribution in [2.45, 2.75) is 237 Å². The lowest BCUT2D eigenvalue weighted by molar-refractivity contribution is -0.137. The zero-order chi connectivity index (χ0) is 78.0. The number of thioether (sulfide) groups is 1. The monoisotopic (exact) mass is 1480 g/mol. The third-order valence-corrected chi connectivity index (χ3v) is 17.2. The molecule has 36 heteroatoms. The molecule has 1 aromatic rings. The summed E-state index contributed by atoms with van der Waals surface area (Å²) in [6.45, 7) is 15.1. The van der Waals surface area contributed by atoms with Gasteiger partial charge in [-0.3, -0.25) is 71.9 Å². The number of aromatic hydroxyl groups is 1. The minimum Gasteiger partial charge on any atom is -0.508 e. The Morgan fingerprint density at radius 3 is 1.34 bits per heavy atom. The van der Waals surface area contributed by atoms with Crippen molar-refractivity contribution in [3.63, 3.8) is 0 Å². The molecule has 0 bridgehead atoms. The van der Waals surface area contributed by atoms with E-state index in [4.69, 9.17) is 22.9 Å². The van der Waals surface area contributed by atoms with E-state index in [1.807, 2.05) is 6.26 Å². The molecule has 1 fully saturated rings. The normalized spacial score (nSPS) is 16.6. The van der Waals surface area contributed by atoms with Gasteiger partial charge in [0.1, 0.15) is 84.3 Å². The number of phenols is 1. The molecule has 103 heavy (non-hydrogen) atoms. The summed E-state index contributed by atoms with van der Waals surface area (Å²) in [4.78, 5) is 204. The van der Waals surface area contributed by atoms with Crippen LogP contribution >= 0.6 is 11.8 Å². The first-order chi connectivity index (χ1) is 48.4. The molecule has 14 atom stereocenters. The van der Waals surface area contributed by atoms with Gasteiger partial charge < -0.3 is 107 Å². The van der Waals surface area contributed by atoms with Crippen molar-refractivity contribution in [3.05, 3.63) is 29.8 Å². The smallest absolute Gasteiger partial charge is 0.245 e. The highest BCUT2D eigenvalue weighted by atomic mass is 32.2. The Kier molecular flexibility index (Phi) is 40.4. The largest absolute Gasteiger partial charge is 0.508 e. The number of rotatable bonds is 48. The Balaban J connectivity index is 2.48. The van der Waals surface area contributed by atoms with E-state index in [-0.39, 0.29) is 94.4 Å². The van der Waals surface area contributed by atoms with Crippen LogP contribution in [-0.4, -0.2) is 220 Å². The first-order valence-corrected chi connectivity index (χ1v) is 36.2. The van der Waals surface area contributed by atoms with Gasteiger partial charge in [0.2, 0.25) is 88.6 Å². The van der Waals surface area contributed by atoms with Gasteiger partial charge in [-0.1, -0.05) is 67.5 Å². The minimum absolute atomic E-state index is 0.00598. The van der Waals surface area contributed by atoms with Crippen LogP contribution < -0.4 is 92.1 Å². The number of aliphatic hydroxyl groups is 2. The van der Waals surface area contributed by atoms with E-state index in [1.165, 1.54) is 49.9 Å². The molecule has 0 radical (unpaired) electrons. The Labute approximate surface area is 605 Å². The summed E-state index contributed by atoms with van der Waals surface area (Å²) < 4.78 is 0.